The van der Waals surface area contributed by atoms with Crippen molar-refractivity contribution in [1.82, 2.24) is 9.80 Å². The van der Waals surface area contributed by atoms with Crippen molar-refractivity contribution in [3.05, 3.63) is 23.8 Å². The fourth-order valence-electron chi connectivity index (χ4n) is 4.11. The van der Waals surface area contributed by atoms with Crippen LogP contribution in [0, 0.1) is 5.92 Å². The van der Waals surface area contributed by atoms with E-state index in [0.717, 1.165) is 31.4 Å². The molecule has 2 atom stereocenters. The van der Waals surface area contributed by atoms with Crippen LogP contribution in [0.2, 0.25) is 0 Å². The van der Waals surface area contributed by atoms with Gasteiger partial charge in [-0.25, -0.2) is 0 Å². The zero-order valence-corrected chi connectivity index (χ0v) is 16.6. The summed E-state index contributed by atoms with van der Waals surface area (Å²) in [6.45, 7) is 4.10. The number of hydrogen-bond acceptors (Lipinski definition) is 4. The molecule has 0 aliphatic carbocycles. The van der Waals surface area contributed by atoms with E-state index >= 15 is 0 Å². The molecule has 2 amide bonds. The predicted octanol–water partition coefficient (Wildman–Crippen LogP) is 2.50. The van der Waals surface area contributed by atoms with Gasteiger partial charge < -0.3 is 19.3 Å². The highest BCUT2D eigenvalue weighted by Crippen LogP contribution is 2.29. The number of hydrogen-bond donors (Lipinski definition) is 0. The summed E-state index contributed by atoms with van der Waals surface area (Å²) in [4.78, 5) is 29.1. The van der Waals surface area contributed by atoms with Gasteiger partial charge in [0.25, 0.3) is 0 Å². The van der Waals surface area contributed by atoms with Gasteiger partial charge in [-0.3, -0.25) is 9.59 Å². The third-order valence-electron chi connectivity index (χ3n) is 5.77. The van der Waals surface area contributed by atoms with Crippen LogP contribution in [0.15, 0.2) is 18.2 Å². The maximum absolute atomic E-state index is 12.8. The predicted molar refractivity (Wildman–Crippen MR) is 103 cm³/mol. The maximum Gasteiger partial charge on any atom is 0.228 e. The highest BCUT2D eigenvalue weighted by Gasteiger charge is 2.37. The summed E-state index contributed by atoms with van der Waals surface area (Å²) in [5.74, 6) is 1.43. The topological polar surface area (TPSA) is 59.1 Å². The third-order valence-corrected chi connectivity index (χ3v) is 5.77. The summed E-state index contributed by atoms with van der Waals surface area (Å²) < 4.78 is 10.6. The minimum atomic E-state index is -0.191. The molecule has 2 fully saturated rings. The normalized spacial score (nSPS) is 22.9. The monoisotopic (exact) mass is 374 g/mol. The molecule has 3 rings (SSSR count). The fraction of sp³-hybridized carbons (Fsp3) is 0.619. The van der Waals surface area contributed by atoms with E-state index in [1.807, 2.05) is 28.0 Å². The van der Waals surface area contributed by atoms with Crippen molar-refractivity contribution in [2.75, 3.05) is 33.9 Å². The molecule has 148 valence electrons. The van der Waals surface area contributed by atoms with E-state index in [2.05, 4.69) is 6.92 Å². The summed E-state index contributed by atoms with van der Waals surface area (Å²) in [6, 6.07) is 6.10. The van der Waals surface area contributed by atoms with Crippen LogP contribution in [0.5, 0.6) is 11.5 Å². The number of carbonyl (C=O) groups excluding carboxylic acids is 2. The molecule has 1 aromatic rings. The molecule has 1 aromatic carbocycles. The number of ether oxygens (including phenoxy) is 2. The molecule has 27 heavy (non-hydrogen) atoms. The Labute approximate surface area is 161 Å². The lowest BCUT2D eigenvalue weighted by Crippen LogP contribution is -2.45. The van der Waals surface area contributed by atoms with Crippen LogP contribution in [0.3, 0.4) is 0 Å². The number of piperidine rings is 1. The lowest BCUT2D eigenvalue weighted by atomic mass is 9.99. The van der Waals surface area contributed by atoms with Crippen molar-refractivity contribution in [1.29, 1.82) is 0 Å². The second-order valence-corrected chi connectivity index (χ2v) is 7.56. The second-order valence-electron chi connectivity index (χ2n) is 7.56. The van der Waals surface area contributed by atoms with E-state index in [1.54, 1.807) is 14.2 Å². The van der Waals surface area contributed by atoms with Crippen LogP contribution in [0.4, 0.5) is 0 Å². The van der Waals surface area contributed by atoms with Gasteiger partial charge in [0.05, 0.1) is 20.1 Å². The molecule has 0 spiro atoms. The minimum absolute atomic E-state index is 0.0819. The molecule has 2 saturated heterocycles. The summed E-state index contributed by atoms with van der Waals surface area (Å²) in [5.41, 5.74) is 1.08. The van der Waals surface area contributed by atoms with Crippen molar-refractivity contribution >= 4 is 11.8 Å². The molecule has 2 aliphatic heterocycles. The Balaban J connectivity index is 1.57. The molecule has 0 N–H and O–H groups in total. The van der Waals surface area contributed by atoms with Crippen molar-refractivity contribution in [3.8, 4) is 11.5 Å². The Morgan fingerprint density at radius 3 is 2.67 bits per heavy atom. The van der Waals surface area contributed by atoms with Crippen LogP contribution < -0.4 is 9.47 Å². The van der Waals surface area contributed by atoms with Crippen LogP contribution in [-0.2, 0) is 16.0 Å². The fourth-order valence-corrected chi connectivity index (χ4v) is 4.11. The van der Waals surface area contributed by atoms with Crippen LogP contribution >= 0.6 is 0 Å². The lowest BCUT2D eigenvalue weighted by molar-refractivity contribution is -0.139. The Morgan fingerprint density at radius 1 is 1.19 bits per heavy atom. The van der Waals surface area contributed by atoms with E-state index in [4.69, 9.17) is 9.47 Å². The highest BCUT2D eigenvalue weighted by molar-refractivity contribution is 5.89. The van der Waals surface area contributed by atoms with Crippen molar-refractivity contribution in [2.45, 2.75) is 45.1 Å². The average Bonchev–Trinajstić information content (AvgIpc) is 3.06. The smallest absolute Gasteiger partial charge is 0.228 e. The van der Waals surface area contributed by atoms with Crippen LogP contribution in [-0.4, -0.2) is 61.5 Å². The molecular formula is C21H30N2O4. The first-order valence-corrected chi connectivity index (χ1v) is 9.82. The number of nitrogens with zero attached hydrogens (tertiary/aromatic N) is 2. The number of carbonyl (C=O) groups is 2. The second kappa shape index (κ2) is 8.63. The Morgan fingerprint density at radius 2 is 1.96 bits per heavy atom. The van der Waals surface area contributed by atoms with Crippen LogP contribution in [0.1, 0.15) is 38.2 Å². The van der Waals surface area contributed by atoms with Crippen molar-refractivity contribution in [2.24, 2.45) is 5.92 Å². The number of amides is 2. The Kier molecular flexibility index (Phi) is 6.24. The number of methoxy groups -OCH3 is 2. The van der Waals surface area contributed by atoms with E-state index in [-0.39, 0.29) is 17.7 Å². The summed E-state index contributed by atoms with van der Waals surface area (Å²) in [7, 11) is 3.23. The van der Waals surface area contributed by atoms with Gasteiger partial charge >= 0.3 is 0 Å². The molecule has 0 saturated carbocycles. The van der Waals surface area contributed by atoms with E-state index in [1.165, 1.54) is 6.42 Å². The van der Waals surface area contributed by atoms with E-state index in [0.29, 0.717) is 37.1 Å². The minimum Gasteiger partial charge on any atom is -0.493 e. The standard InChI is InChI=1S/C21H30N2O4/c1-15-6-4-5-10-23(15)21(25)17-13-20(24)22(14-17)11-9-16-7-8-18(26-2)19(12-16)27-3/h7-8,12,15,17H,4-6,9-11,13-14H2,1-3H3/t15-,17-/m0/s1. The number of likely N-dealkylation sites (tertiary alicyclic amines) is 2. The van der Waals surface area contributed by atoms with Gasteiger partial charge in [0.2, 0.25) is 11.8 Å². The van der Waals surface area contributed by atoms with Crippen molar-refractivity contribution in [3.63, 3.8) is 0 Å². The molecule has 2 aliphatic rings. The molecule has 0 unspecified atom stereocenters. The molecule has 0 bridgehead atoms. The maximum atomic E-state index is 12.8. The third kappa shape index (κ3) is 4.37. The highest BCUT2D eigenvalue weighted by atomic mass is 16.5. The quantitative estimate of drug-likeness (QED) is 0.768. The molecule has 6 heteroatoms. The molecule has 0 radical (unpaired) electrons. The molecule has 6 nitrogen and oxygen atoms in total. The summed E-state index contributed by atoms with van der Waals surface area (Å²) in [5, 5.41) is 0. The van der Waals surface area contributed by atoms with Gasteiger partial charge in [-0.15, -0.1) is 0 Å². The molecular weight excluding hydrogens is 344 g/mol. The first-order chi connectivity index (χ1) is 13.0. The largest absolute Gasteiger partial charge is 0.493 e. The van der Waals surface area contributed by atoms with E-state index in [9.17, 15) is 9.59 Å². The van der Waals surface area contributed by atoms with Crippen molar-refractivity contribution < 1.29 is 19.1 Å². The van der Waals surface area contributed by atoms with Gasteiger partial charge in [0.15, 0.2) is 11.5 Å². The SMILES string of the molecule is COc1ccc(CCN2C[C@@H](C(=O)N3CCCC[C@@H]3C)CC2=O)cc1OC. The Bertz CT molecular complexity index is 691. The van der Waals surface area contributed by atoms with Gasteiger partial charge in [0, 0.05) is 32.1 Å². The van der Waals surface area contributed by atoms with Gasteiger partial charge in [-0.05, 0) is 50.3 Å². The number of benzene rings is 1. The van der Waals surface area contributed by atoms with Gasteiger partial charge in [-0.2, -0.15) is 0 Å². The van der Waals surface area contributed by atoms with E-state index < -0.39 is 0 Å². The lowest BCUT2D eigenvalue weighted by Gasteiger charge is -2.35. The number of rotatable bonds is 6. The zero-order valence-electron chi connectivity index (χ0n) is 16.6. The Hall–Kier alpha value is -2.24. The summed E-state index contributed by atoms with van der Waals surface area (Å²) >= 11 is 0. The zero-order chi connectivity index (χ0) is 19.4. The molecule has 0 aromatic heterocycles. The first kappa shape index (κ1) is 19.5. The molecule has 2 heterocycles. The van der Waals surface area contributed by atoms with Gasteiger partial charge in [-0.1, -0.05) is 6.07 Å². The van der Waals surface area contributed by atoms with Crippen LogP contribution in [0.25, 0.3) is 0 Å². The average molecular weight is 374 g/mol. The van der Waals surface area contributed by atoms with Gasteiger partial charge in [0.1, 0.15) is 0 Å². The first-order valence-electron chi connectivity index (χ1n) is 9.82. The summed E-state index contributed by atoms with van der Waals surface area (Å²) in [6.07, 6.45) is 4.39.